The molecule has 202 valence electrons. The van der Waals surface area contributed by atoms with Crippen molar-refractivity contribution < 1.29 is 4.74 Å². The molecule has 1 aliphatic heterocycles. The number of anilines is 1. The molecule has 3 heterocycles. The van der Waals surface area contributed by atoms with Crippen molar-refractivity contribution in [2.45, 2.75) is 20.1 Å². The fraction of sp³-hybridized carbons (Fsp3) is 0.267. The van der Waals surface area contributed by atoms with E-state index < -0.39 is 0 Å². The normalized spacial score (nSPS) is 14.0. The van der Waals surface area contributed by atoms with Crippen LogP contribution in [-0.2, 0) is 13.2 Å². The van der Waals surface area contributed by atoms with Gasteiger partial charge < -0.3 is 19.5 Å². The number of halogens is 2. The lowest BCUT2D eigenvalue weighted by Gasteiger charge is -2.34. The van der Waals surface area contributed by atoms with E-state index >= 15 is 0 Å². The van der Waals surface area contributed by atoms with E-state index in [0.29, 0.717) is 18.2 Å². The summed E-state index contributed by atoms with van der Waals surface area (Å²) in [4.78, 5) is 13.1. The lowest BCUT2D eigenvalue weighted by Crippen LogP contribution is -2.44. The number of likely N-dealkylation sites (N-methyl/N-ethyl adjacent to an activating group) is 1. The number of ether oxygens (including phenoxy) is 1. The minimum absolute atomic E-state index is 0. The van der Waals surface area contributed by atoms with Crippen LogP contribution in [0.15, 0.2) is 72.8 Å². The standard InChI is InChI=1S/C30H31ClN6O.ClH/c1-21-16-28(30-32-26-10-9-25(18-27(26)33-30)36-14-12-35(2)13-15-36)34-37(21)19-23-17-24(31)8-11-29(23)38-20-22-6-4-3-5-7-22;/h3-11,16-18H,12-15,19-20H2,1-2H3,(H,32,33);1H. The molecule has 1 N–H and O–H groups in total. The number of nitrogens with one attached hydrogen (secondary N) is 1. The van der Waals surface area contributed by atoms with Crippen molar-refractivity contribution in [1.29, 1.82) is 0 Å². The summed E-state index contributed by atoms with van der Waals surface area (Å²) in [5, 5.41) is 5.56. The van der Waals surface area contributed by atoms with E-state index in [0.717, 1.165) is 71.3 Å². The van der Waals surface area contributed by atoms with Crippen LogP contribution in [0.5, 0.6) is 5.75 Å². The first-order chi connectivity index (χ1) is 18.5. The number of imidazole rings is 1. The van der Waals surface area contributed by atoms with E-state index in [-0.39, 0.29) is 12.4 Å². The van der Waals surface area contributed by atoms with Gasteiger partial charge in [-0.1, -0.05) is 41.9 Å². The highest BCUT2D eigenvalue weighted by Crippen LogP contribution is 2.28. The monoisotopic (exact) mass is 562 g/mol. The van der Waals surface area contributed by atoms with Gasteiger partial charge in [0.1, 0.15) is 18.1 Å². The molecule has 7 nitrogen and oxygen atoms in total. The summed E-state index contributed by atoms with van der Waals surface area (Å²) in [6.07, 6.45) is 0. The summed E-state index contributed by atoms with van der Waals surface area (Å²) < 4.78 is 8.14. The molecule has 0 aliphatic carbocycles. The molecule has 9 heteroatoms. The second kappa shape index (κ2) is 11.7. The number of fused-ring (bicyclic) bond motifs is 1. The number of aromatic amines is 1. The molecule has 0 unspecified atom stereocenters. The van der Waals surface area contributed by atoms with E-state index in [1.165, 1.54) is 5.69 Å². The highest BCUT2D eigenvalue weighted by atomic mass is 35.5. The zero-order valence-electron chi connectivity index (χ0n) is 22.1. The van der Waals surface area contributed by atoms with Crippen LogP contribution in [0.3, 0.4) is 0 Å². The first-order valence-corrected chi connectivity index (χ1v) is 13.3. The van der Waals surface area contributed by atoms with Crippen LogP contribution in [0.1, 0.15) is 16.8 Å². The maximum atomic E-state index is 6.36. The van der Waals surface area contributed by atoms with Crippen LogP contribution in [0, 0.1) is 6.92 Å². The van der Waals surface area contributed by atoms with Gasteiger partial charge in [-0.05, 0) is 62.0 Å². The molecule has 5 aromatic rings. The molecule has 0 saturated carbocycles. The van der Waals surface area contributed by atoms with Crippen molar-refractivity contribution in [1.82, 2.24) is 24.6 Å². The fourth-order valence-electron chi connectivity index (χ4n) is 4.88. The summed E-state index contributed by atoms with van der Waals surface area (Å²) in [5.41, 5.74) is 7.14. The molecule has 1 aliphatic rings. The number of nitrogens with zero attached hydrogens (tertiary/aromatic N) is 5. The Morgan fingerprint density at radius 3 is 2.54 bits per heavy atom. The average molecular weight is 564 g/mol. The van der Waals surface area contributed by atoms with Crippen molar-refractivity contribution in [3.8, 4) is 17.3 Å². The number of aryl methyl sites for hydroxylation is 1. The molecule has 0 radical (unpaired) electrons. The van der Waals surface area contributed by atoms with Crippen LogP contribution in [0.2, 0.25) is 5.02 Å². The lowest BCUT2D eigenvalue weighted by molar-refractivity contribution is 0.302. The van der Waals surface area contributed by atoms with Crippen molar-refractivity contribution in [2.75, 3.05) is 38.1 Å². The number of hydrogen-bond donors (Lipinski definition) is 1. The zero-order chi connectivity index (χ0) is 26.1. The predicted octanol–water partition coefficient (Wildman–Crippen LogP) is 6.19. The van der Waals surface area contributed by atoms with Gasteiger partial charge in [-0.2, -0.15) is 5.10 Å². The average Bonchev–Trinajstić information content (AvgIpc) is 3.52. The zero-order valence-corrected chi connectivity index (χ0v) is 23.7. The van der Waals surface area contributed by atoms with Gasteiger partial charge in [-0.25, -0.2) is 4.98 Å². The van der Waals surface area contributed by atoms with E-state index in [9.17, 15) is 0 Å². The maximum Gasteiger partial charge on any atom is 0.159 e. The largest absolute Gasteiger partial charge is 0.489 e. The highest BCUT2D eigenvalue weighted by molar-refractivity contribution is 6.30. The minimum Gasteiger partial charge on any atom is -0.489 e. The minimum atomic E-state index is 0. The summed E-state index contributed by atoms with van der Waals surface area (Å²) in [6, 6.07) is 24.4. The third-order valence-electron chi connectivity index (χ3n) is 7.14. The Morgan fingerprint density at radius 1 is 0.949 bits per heavy atom. The van der Waals surface area contributed by atoms with Crippen LogP contribution in [0.25, 0.3) is 22.6 Å². The molecule has 1 saturated heterocycles. The number of aromatic nitrogens is 4. The van der Waals surface area contributed by atoms with Crippen molar-refractivity contribution in [2.24, 2.45) is 0 Å². The van der Waals surface area contributed by atoms with E-state index in [4.69, 9.17) is 26.4 Å². The summed E-state index contributed by atoms with van der Waals surface area (Å²) in [5.74, 6) is 1.57. The molecular formula is C30H32Cl2N6O. The van der Waals surface area contributed by atoms with Crippen molar-refractivity contribution >= 4 is 40.7 Å². The molecule has 2 aromatic heterocycles. The van der Waals surface area contributed by atoms with Crippen LogP contribution >= 0.6 is 24.0 Å². The predicted molar refractivity (Wildman–Crippen MR) is 160 cm³/mol. The maximum absolute atomic E-state index is 6.36. The third-order valence-corrected chi connectivity index (χ3v) is 7.37. The smallest absolute Gasteiger partial charge is 0.159 e. The molecule has 39 heavy (non-hydrogen) atoms. The molecule has 0 amide bonds. The molecule has 6 rings (SSSR count). The quantitative estimate of drug-likeness (QED) is 0.256. The van der Waals surface area contributed by atoms with E-state index in [1.54, 1.807) is 0 Å². The van der Waals surface area contributed by atoms with Crippen LogP contribution < -0.4 is 9.64 Å². The van der Waals surface area contributed by atoms with Crippen molar-refractivity contribution in [3.63, 3.8) is 0 Å². The fourth-order valence-corrected chi connectivity index (χ4v) is 5.07. The second-order valence-corrected chi connectivity index (χ2v) is 10.4. The molecule has 0 atom stereocenters. The van der Waals surface area contributed by atoms with Gasteiger partial charge in [-0.3, -0.25) is 4.68 Å². The van der Waals surface area contributed by atoms with Crippen LogP contribution in [0.4, 0.5) is 5.69 Å². The summed E-state index contributed by atoms with van der Waals surface area (Å²) in [6.45, 7) is 7.32. The Balaban J connectivity index is 0.00000308. The Labute approximate surface area is 239 Å². The Kier molecular flexibility index (Phi) is 8.12. The SMILES string of the molecule is Cc1cc(-c2nc3ccc(N4CCN(C)CC4)cc3[nH]2)nn1Cc1cc(Cl)ccc1OCc1ccccc1.Cl. The lowest BCUT2D eigenvalue weighted by atomic mass is 10.2. The van der Waals surface area contributed by atoms with E-state index in [1.807, 2.05) is 41.1 Å². The number of piperazine rings is 1. The second-order valence-electron chi connectivity index (χ2n) is 9.93. The third kappa shape index (κ3) is 6.06. The van der Waals surface area contributed by atoms with Gasteiger partial charge in [0.2, 0.25) is 0 Å². The molecule has 0 bridgehead atoms. The molecular weight excluding hydrogens is 531 g/mol. The van der Waals surface area contributed by atoms with Gasteiger partial charge in [0.25, 0.3) is 0 Å². The highest BCUT2D eigenvalue weighted by Gasteiger charge is 2.17. The number of hydrogen-bond acceptors (Lipinski definition) is 5. The van der Waals surface area contributed by atoms with Gasteiger partial charge in [0, 0.05) is 48.1 Å². The Hall–Kier alpha value is -3.52. The first-order valence-electron chi connectivity index (χ1n) is 12.9. The number of H-pyrrole nitrogens is 1. The summed E-state index contributed by atoms with van der Waals surface area (Å²) >= 11 is 6.36. The Bertz CT molecular complexity index is 1560. The van der Waals surface area contributed by atoms with Crippen LogP contribution in [-0.4, -0.2) is 57.9 Å². The molecule has 3 aromatic carbocycles. The first kappa shape index (κ1) is 27.1. The Morgan fingerprint density at radius 2 is 1.74 bits per heavy atom. The number of benzene rings is 3. The summed E-state index contributed by atoms with van der Waals surface area (Å²) in [7, 11) is 2.17. The topological polar surface area (TPSA) is 62.2 Å². The molecule has 0 spiro atoms. The number of rotatable bonds is 7. The van der Waals surface area contributed by atoms with Crippen molar-refractivity contribution in [3.05, 3.63) is 94.6 Å². The van der Waals surface area contributed by atoms with Gasteiger partial charge in [-0.15, -0.1) is 12.4 Å². The molecule has 1 fully saturated rings. The van der Waals surface area contributed by atoms with Gasteiger partial charge >= 0.3 is 0 Å². The van der Waals surface area contributed by atoms with Gasteiger partial charge in [0.15, 0.2) is 5.82 Å². The van der Waals surface area contributed by atoms with Gasteiger partial charge in [0.05, 0.1) is 17.6 Å². The van der Waals surface area contributed by atoms with E-state index in [2.05, 4.69) is 65.2 Å².